The van der Waals surface area contributed by atoms with Gasteiger partial charge in [-0.3, -0.25) is 15.1 Å². The molecule has 2 rings (SSSR count). The van der Waals surface area contributed by atoms with Crippen LogP contribution in [0.15, 0.2) is 47.5 Å². The molecule has 0 aromatic heterocycles. The van der Waals surface area contributed by atoms with Crippen LogP contribution in [0.25, 0.3) is 0 Å². The first-order valence-corrected chi connectivity index (χ1v) is 7.42. The third-order valence-corrected chi connectivity index (χ3v) is 3.57. The summed E-state index contributed by atoms with van der Waals surface area (Å²) in [5.41, 5.74) is 1.82. The zero-order chi connectivity index (χ0) is 16.8. The molecule has 6 heteroatoms. The summed E-state index contributed by atoms with van der Waals surface area (Å²) in [5, 5.41) is 20.7. The summed E-state index contributed by atoms with van der Waals surface area (Å²) < 4.78 is 0. The number of benzene rings is 2. The zero-order valence-electron chi connectivity index (χ0n) is 13.1. The van der Waals surface area contributed by atoms with Crippen LogP contribution in [0.5, 0.6) is 5.75 Å². The van der Waals surface area contributed by atoms with Crippen LogP contribution in [-0.2, 0) is 0 Å². The van der Waals surface area contributed by atoms with Crippen molar-refractivity contribution in [2.75, 3.05) is 18.0 Å². The van der Waals surface area contributed by atoms with Gasteiger partial charge in [0.2, 0.25) is 5.75 Å². The molecule has 2 aromatic carbocycles. The second-order valence-corrected chi connectivity index (χ2v) is 4.92. The number of hydrogen-bond donors (Lipinski definition) is 1. The summed E-state index contributed by atoms with van der Waals surface area (Å²) in [6.45, 7) is 6.06. The number of nitro benzene ring substituents is 1. The normalized spacial score (nSPS) is 10.9. The van der Waals surface area contributed by atoms with Gasteiger partial charge >= 0.3 is 5.69 Å². The minimum absolute atomic E-state index is 0.312. The first kappa shape index (κ1) is 16.5. The molecule has 0 saturated heterocycles. The number of aromatic hydroxyl groups is 1. The minimum Gasteiger partial charge on any atom is -0.502 e. The summed E-state index contributed by atoms with van der Waals surface area (Å²) in [5.74, 6) is -0.374. The maximum Gasteiger partial charge on any atom is 0.311 e. The van der Waals surface area contributed by atoms with Gasteiger partial charge in [-0.25, -0.2) is 0 Å². The standard InChI is InChI=1S/C17H19N3O3/c1-3-19(4-2)15-10-8-14(9-11-15)18-12-13-6-5-7-16(17(13)21)20(22)23/h5-12,21H,3-4H2,1-2H3. The zero-order valence-corrected chi connectivity index (χ0v) is 13.1. The number of anilines is 1. The molecule has 120 valence electrons. The fourth-order valence-corrected chi connectivity index (χ4v) is 2.28. The molecule has 0 radical (unpaired) electrons. The van der Waals surface area contributed by atoms with E-state index in [9.17, 15) is 15.2 Å². The Morgan fingerprint density at radius 1 is 1.17 bits per heavy atom. The fraction of sp³-hybridized carbons (Fsp3) is 0.235. The molecule has 0 aliphatic rings. The largest absolute Gasteiger partial charge is 0.502 e. The predicted octanol–water partition coefficient (Wildman–Crippen LogP) is 3.90. The maximum atomic E-state index is 10.8. The number of hydrogen-bond acceptors (Lipinski definition) is 5. The Morgan fingerprint density at radius 2 is 1.83 bits per heavy atom. The monoisotopic (exact) mass is 313 g/mol. The topological polar surface area (TPSA) is 79.0 Å². The van der Waals surface area contributed by atoms with Crippen molar-refractivity contribution in [1.29, 1.82) is 0 Å². The number of phenolic OH excluding ortho intramolecular Hbond substituents is 1. The van der Waals surface area contributed by atoms with Crippen molar-refractivity contribution in [3.63, 3.8) is 0 Å². The van der Waals surface area contributed by atoms with Gasteiger partial charge in [0, 0.05) is 36.6 Å². The van der Waals surface area contributed by atoms with Crippen LogP contribution in [0.2, 0.25) is 0 Å². The van der Waals surface area contributed by atoms with E-state index in [1.807, 2.05) is 24.3 Å². The molecule has 6 nitrogen and oxygen atoms in total. The van der Waals surface area contributed by atoms with E-state index in [4.69, 9.17) is 0 Å². The van der Waals surface area contributed by atoms with Crippen LogP contribution in [0.4, 0.5) is 17.1 Å². The lowest BCUT2D eigenvalue weighted by atomic mass is 10.2. The fourth-order valence-electron chi connectivity index (χ4n) is 2.28. The summed E-state index contributed by atoms with van der Waals surface area (Å²) in [6.07, 6.45) is 1.43. The molecule has 1 N–H and O–H groups in total. The summed E-state index contributed by atoms with van der Waals surface area (Å²) in [6, 6.07) is 12.1. The molecule has 23 heavy (non-hydrogen) atoms. The Balaban J connectivity index is 2.21. The van der Waals surface area contributed by atoms with Gasteiger partial charge in [-0.2, -0.15) is 0 Å². The first-order chi connectivity index (χ1) is 11.1. The number of nitrogens with zero attached hydrogens (tertiary/aromatic N) is 3. The highest BCUT2D eigenvalue weighted by molar-refractivity contribution is 5.87. The van der Waals surface area contributed by atoms with Crippen LogP contribution >= 0.6 is 0 Å². The predicted molar refractivity (Wildman–Crippen MR) is 92.0 cm³/mol. The highest BCUT2D eigenvalue weighted by Gasteiger charge is 2.14. The maximum absolute atomic E-state index is 10.8. The molecule has 0 bridgehead atoms. The Labute approximate surface area is 134 Å². The van der Waals surface area contributed by atoms with Gasteiger partial charge in [0.15, 0.2) is 0 Å². The summed E-state index contributed by atoms with van der Waals surface area (Å²) >= 11 is 0. The number of aliphatic imine (C=N–C) groups is 1. The van der Waals surface area contributed by atoms with Crippen LogP contribution in [-0.4, -0.2) is 29.3 Å². The van der Waals surface area contributed by atoms with E-state index in [1.54, 1.807) is 6.07 Å². The Kier molecular flexibility index (Phi) is 5.30. The van der Waals surface area contributed by atoms with E-state index < -0.39 is 4.92 Å². The molecule has 0 spiro atoms. The molecule has 0 heterocycles. The Morgan fingerprint density at radius 3 is 2.39 bits per heavy atom. The third-order valence-electron chi connectivity index (χ3n) is 3.57. The molecular formula is C17H19N3O3. The quantitative estimate of drug-likeness (QED) is 0.498. The van der Waals surface area contributed by atoms with Gasteiger partial charge in [-0.15, -0.1) is 0 Å². The van der Waals surface area contributed by atoms with Crippen molar-refractivity contribution in [2.24, 2.45) is 4.99 Å². The van der Waals surface area contributed by atoms with Crippen LogP contribution in [0.1, 0.15) is 19.4 Å². The van der Waals surface area contributed by atoms with E-state index in [-0.39, 0.29) is 11.4 Å². The van der Waals surface area contributed by atoms with Gasteiger partial charge in [-0.1, -0.05) is 6.07 Å². The molecule has 0 amide bonds. The first-order valence-electron chi connectivity index (χ1n) is 7.42. The molecule has 0 aliphatic heterocycles. The van der Waals surface area contributed by atoms with Gasteiger partial charge in [0.05, 0.1) is 10.6 Å². The van der Waals surface area contributed by atoms with Gasteiger partial charge in [-0.05, 0) is 44.2 Å². The lowest BCUT2D eigenvalue weighted by Crippen LogP contribution is -2.21. The smallest absolute Gasteiger partial charge is 0.311 e. The number of nitro groups is 1. The number of phenols is 1. The van der Waals surface area contributed by atoms with E-state index >= 15 is 0 Å². The highest BCUT2D eigenvalue weighted by atomic mass is 16.6. The van der Waals surface area contributed by atoms with E-state index in [1.165, 1.54) is 18.3 Å². The van der Waals surface area contributed by atoms with Crippen molar-refractivity contribution < 1.29 is 10.0 Å². The van der Waals surface area contributed by atoms with E-state index in [2.05, 4.69) is 23.7 Å². The van der Waals surface area contributed by atoms with Crippen LogP contribution in [0, 0.1) is 10.1 Å². The second-order valence-electron chi connectivity index (χ2n) is 4.92. The summed E-state index contributed by atoms with van der Waals surface area (Å²) in [7, 11) is 0. The van der Waals surface area contributed by atoms with Crippen molar-refractivity contribution in [2.45, 2.75) is 13.8 Å². The second kappa shape index (κ2) is 7.40. The molecule has 0 aliphatic carbocycles. The molecule has 2 aromatic rings. The van der Waals surface area contributed by atoms with Crippen LogP contribution < -0.4 is 4.90 Å². The van der Waals surface area contributed by atoms with Crippen molar-refractivity contribution in [3.8, 4) is 5.75 Å². The molecule has 0 fully saturated rings. The highest BCUT2D eigenvalue weighted by Crippen LogP contribution is 2.28. The summed E-state index contributed by atoms with van der Waals surface area (Å²) in [4.78, 5) is 16.7. The number of para-hydroxylation sites is 1. The molecular weight excluding hydrogens is 294 g/mol. The number of rotatable bonds is 6. The van der Waals surface area contributed by atoms with Crippen molar-refractivity contribution >= 4 is 23.3 Å². The SMILES string of the molecule is CCN(CC)c1ccc(N=Cc2cccc([N+](=O)[O-])c2O)cc1. The third kappa shape index (κ3) is 3.85. The van der Waals surface area contributed by atoms with E-state index in [0.29, 0.717) is 11.3 Å². The van der Waals surface area contributed by atoms with Gasteiger partial charge in [0.25, 0.3) is 0 Å². The molecule has 0 atom stereocenters. The lowest BCUT2D eigenvalue weighted by Gasteiger charge is -2.20. The van der Waals surface area contributed by atoms with Crippen molar-refractivity contribution in [3.05, 3.63) is 58.1 Å². The Hall–Kier alpha value is -2.89. The molecule has 0 saturated carbocycles. The lowest BCUT2D eigenvalue weighted by molar-refractivity contribution is -0.385. The van der Waals surface area contributed by atoms with Crippen molar-refractivity contribution in [1.82, 2.24) is 0 Å². The average molecular weight is 313 g/mol. The Bertz CT molecular complexity index is 708. The van der Waals surface area contributed by atoms with E-state index in [0.717, 1.165) is 18.8 Å². The molecule has 0 unspecified atom stereocenters. The van der Waals surface area contributed by atoms with Gasteiger partial charge in [0.1, 0.15) is 0 Å². The van der Waals surface area contributed by atoms with Gasteiger partial charge < -0.3 is 10.0 Å². The average Bonchev–Trinajstić information content (AvgIpc) is 2.56. The van der Waals surface area contributed by atoms with Crippen LogP contribution in [0.3, 0.4) is 0 Å². The minimum atomic E-state index is -0.619.